The Morgan fingerprint density at radius 3 is 2.75 bits per heavy atom. The number of carbonyl (C=O) groups is 2. The summed E-state index contributed by atoms with van der Waals surface area (Å²) in [5, 5.41) is 0. The van der Waals surface area contributed by atoms with Crippen LogP contribution in [0, 0.1) is 0 Å². The lowest BCUT2D eigenvalue weighted by molar-refractivity contribution is -0.140. The van der Waals surface area contributed by atoms with E-state index in [4.69, 9.17) is 0 Å². The molecule has 0 saturated carbocycles. The molecular formula is C13H18F2N2O3. The first-order valence-electron chi connectivity index (χ1n) is 6.21. The number of amides is 1. The van der Waals surface area contributed by atoms with Crippen molar-refractivity contribution in [2.24, 2.45) is 0 Å². The molecule has 0 aliphatic rings. The van der Waals surface area contributed by atoms with Gasteiger partial charge >= 0.3 is 5.97 Å². The second kappa shape index (κ2) is 7.62. The Balaban J connectivity index is 2.56. The van der Waals surface area contributed by atoms with Crippen LogP contribution in [-0.2, 0) is 16.1 Å². The van der Waals surface area contributed by atoms with Gasteiger partial charge in [0.05, 0.1) is 13.7 Å². The van der Waals surface area contributed by atoms with Gasteiger partial charge in [0, 0.05) is 26.2 Å². The first-order chi connectivity index (χ1) is 9.45. The summed E-state index contributed by atoms with van der Waals surface area (Å²) in [6.07, 6.45) is -0.392. The van der Waals surface area contributed by atoms with E-state index in [-0.39, 0.29) is 24.0 Å². The lowest BCUT2D eigenvalue weighted by atomic mass is 10.3. The third-order valence-electron chi connectivity index (χ3n) is 2.83. The fourth-order valence-corrected chi connectivity index (χ4v) is 1.78. The van der Waals surface area contributed by atoms with E-state index in [9.17, 15) is 18.4 Å². The molecule has 0 radical (unpaired) electrons. The molecule has 112 valence electrons. The Labute approximate surface area is 116 Å². The molecule has 1 heterocycles. The van der Waals surface area contributed by atoms with Crippen LogP contribution in [0.4, 0.5) is 8.78 Å². The highest BCUT2D eigenvalue weighted by atomic mass is 19.3. The van der Waals surface area contributed by atoms with E-state index >= 15 is 0 Å². The molecule has 0 atom stereocenters. The Morgan fingerprint density at radius 2 is 2.15 bits per heavy atom. The van der Waals surface area contributed by atoms with Gasteiger partial charge in [-0.25, -0.2) is 8.78 Å². The first-order valence-corrected chi connectivity index (χ1v) is 6.21. The van der Waals surface area contributed by atoms with Crippen molar-refractivity contribution in [1.82, 2.24) is 9.47 Å². The van der Waals surface area contributed by atoms with Crippen molar-refractivity contribution in [3.63, 3.8) is 0 Å². The van der Waals surface area contributed by atoms with Gasteiger partial charge in [0.15, 0.2) is 0 Å². The Kier molecular flexibility index (Phi) is 6.14. The SMILES string of the molecule is COC(=O)CCCN(C)C(=O)c1cccn1CC(F)F. The van der Waals surface area contributed by atoms with Crippen LogP contribution >= 0.6 is 0 Å². The van der Waals surface area contributed by atoms with Crippen LogP contribution in [0.15, 0.2) is 18.3 Å². The highest BCUT2D eigenvalue weighted by Crippen LogP contribution is 2.09. The van der Waals surface area contributed by atoms with E-state index in [0.29, 0.717) is 13.0 Å². The Hall–Kier alpha value is -1.92. The third kappa shape index (κ3) is 4.64. The van der Waals surface area contributed by atoms with E-state index in [1.165, 1.54) is 28.8 Å². The van der Waals surface area contributed by atoms with E-state index in [1.54, 1.807) is 13.1 Å². The minimum Gasteiger partial charge on any atom is -0.469 e. The standard InChI is InChI=1S/C13H18F2N2O3/c1-16(7-4-6-12(18)20-2)13(19)10-5-3-8-17(10)9-11(14)15/h3,5,8,11H,4,6-7,9H2,1-2H3. The van der Waals surface area contributed by atoms with Gasteiger partial charge < -0.3 is 14.2 Å². The highest BCUT2D eigenvalue weighted by Gasteiger charge is 2.17. The molecule has 0 aromatic carbocycles. The van der Waals surface area contributed by atoms with Crippen LogP contribution in [0.2, 0.25) is 0 Å². The predicted molar refractivity (Wildman–Crippen MR) is 68.6 cm³/mol. The molecule has 1 amide bonds. The van der Waals surface area contributed by atoms with Crippen LogP contribution in [0.5, 0.6) is 0 Å². The summed E-state index contributed by atoms with van der Waals surface area (Å²) in [6.45, 7) is -0.155. The summed E-state index contributed by atoms with van der Waals surface area (Å²) in [5.41, 5.74) is 0.214. The zero-order valence-electron chi connectivity index (χ0n) is 11.5. The zero-order valence-corrected chi connectivity index (χ0v) is 11.5. The molecule has 1 aromatic rings. The lowest BCUT2D eigenvalue weighted by Crippen LogP contribution is -2.30. The summed E-state index contributed by atoms with van der Waals surface area (Å²) in [7, 11) is 2.87. The molecule has 20 heavy (non-hydrogen) atoms. The van der Waals surface area contributed by atoms with Crippen molar-refractivity contribution in [1.29, 1.82) is 0 Å². The minimum atomic E-state index is -2.52. The van der Waals surface area contributed by atoms with Crippen molar-refractivity contribution in [2.45, 2.75) is 25.8 Å². The van der Waals surface area contributed by atoms with Crippen molar-refractivity contribution in [2.75, 3.05) is 20.7 Å². The van der Waals surface area contributed by atoms with Crippen LogP contribution in [0.1, 0.15) is 23.3 Å². The number of hydrogen-bond acceptors (Lipinski definition) is 3. The fraction of sp³-hybridized carbons (Fsp3) is 0.538. The van der Waals surface area contributed by atoms with E-state index in [0.717, 1.165) is 0 Å². The Morgan fingerprint density at radius 1 is 1.45 bits per heavy atom. The van der Waals surface area contributed by atoms with Gasteiger partial charge in [0.2, 0.25) is 0 Å². The van der Waals surface area contributed by atoms with Crippen LogP contribution in [0.25, 0.3) is 0 Å². The number of aromatic nitrogens is 1. The molecule has 5 nitrogen and oxygen atoms in total. The third-order valence-corrected chi connectivity index (χ3v) is 2.83. The second-order valence-electron chi connectivity index (χ2n) is 4.34. The van der Waals surface area contributed by atoms with Gasteiger partial charge in [0.1, 0.15) is 5.69 Å². The molecule has 0 saturated heterocycles. The van der Waals surface area contributed by atoms with Crippen molar-refractivity contribution in [3.05, 3.63) is 24.0 Å². The number of halogens is 2. The topological polar surface area (TPSA) is 51.5 Å². The average Bonchev–Trinajstić information content (AvgIpc) is 2.84. The summed E-state index contributed by atoms with van der Waals surface area (Å²) < 4.78 is 30.5. The molecule has 7 heteroatoms. The molecule has 0 aliphatic heterocycles. The first kappa shape index (κ1) is 16.1. The molecule has 0 bridgehead atoms. The number of rotatable bonds is 7. The maximum atomic E-state index is 12.4. The van der Waals surface area contributed by atoms with E-state index in [2.05, 4.69) is 4.74 Å². The maximum absolute atomic E-state index is 12.4. The summed E-state index contributed by atoms with van der Waals surface area (Å²) in [4.78, 5) is 24.5. The van der Waals surface area contributed by atoms with Crippen LogP contribution in [-0.4, -0.2) is 48.5 Å². The normalized spacial score (nSPS) is 10.7. The van der Waals surface area contributed by atoms with Gasteiger partial charge in [-0.2, -0.15) is 0 Å². The number of nitrogens with zero attached hydrogens (tertiary/aromatic N) is 2. The molecule has 0 N–H and O–H groups in total. The summed E-state index contributed by atoms with van der Waals surface area (Å²) >= 11 is 0. The van der Waals surface area contributed by atoms with Gasteiger partial charge in [0.25, 0.3) is 12.3 Å². The van der Waals surface area contributed by atoms with E-state index < -0.39 is 13.0 Å². The molecule has 1 rings (SSSR count). The zero-order chi connectivity index (χ0) is 15.1. The van der Waals surface area contributed by atoms with Gasteiger partial charge in [-0.3, -0.25) is 9.59 Å². The molecule has 0 unspecified atom stereocenters. The van der Waals surface area contributed by atoms with Gasteiger partial charge in [-0.1, -0.05) is 0 Å². The molecule has 0 aliphatic carbocycles. The quantitative estimate of drug-likeness (QED) is 0.719. The monoisotopic (exact) mass is 288 g/mol. The maximum Gasteiger partial charge on any atom is 0.305 e. The van der Waals surface area contributed by atoms with Crippen molar-refractivity contribution < 1.29 is 23.1 Å². The molecular weight excluding hydrogens is 270 g/mol. The summed E-state index contributed by atoms with van der Waals surface area (Å²) in [6, 6.07) is 3.05. The number of methoxy groups -OCH3 is 1. The van der Waals surface area contributed by atoms with Gasteiger partial charge in [-0.15, -0.1) is 0 Å². The fourth-order valence-electron chi connectivity index (χ4n) is 1.78. The minimum absolute atomic E-state index is 0.214. The van der Waals surface area contributed by atoms with Crippen LogP contribution < -0.4 is 0 Å². The molecule has 1 aromatic heterocycles. The number of alkyl halides is 2. The second-order valence-corrected chi connectivity index (χ2v) is 4.34. The van der Waals surface area contributed by atoms with E-state index in [1.807, 2.05) is 0 Å². The lowest BCUT2D eigenvalue weighted by Gasteiger charge is -2.18. The molecule has 0 spiro atoms. The number of carbonyl (C=O) groups excluding carboxylic acids is 2. The Bertz CT molecular complexity index is 460. The number of hydrogen-bond donors (Lipinski definition) is 0. The smallest absolute Gasteiger partial charge is 0.305 e. The number of esters is 1. The highest BCUT2D eigenvalue weighted by molar-refractivity contribution is 5.92. The average molecular weight is 288 g/mol. The van der Waals surface area contributed by atoms with Crippen molar-refractivity contribution >= 4 is 11.9 Å². The largest absolute Gasteiger partial charge is 0.469 e. The van der Waals surface area contributed by atoms with Crippen molar-refractivity contribution in [3.8, 4) is 0 Å². The van der Waals surface area contributed by atoms with Crippen LogP contribution in [0.3, 0.4) is 0 Å². The van der Waals surface area contributed by atoms with Gasteiger partial charge in [-0.05, 0) is 18.6 Å². The summed E-state index contributed by atoms with van der Waals surface area (Å²) in [5.74, 6) is -0.688. The molecule has 0 fully saturated rings. The predicted octanol–water partition coefficient (Wildman–Crippen LogP) is 1.78. The number of ether oxygens (including phenoxy) is 1.